The number of carbonyl (C=O) groups is 2. The smallest absolute Gasteiger partial charge is 0.357 e. The molecule has 36 heavy (non-hydrogen) atoms. The van der Waals surface area contributed by atoms with E-state index in [-0.39, 0.29) is 23.2 Å². The molecule has 0 radical (unpaired) electrons. The van der Waals surface area contributed by atoms with Crippen LogP contribution in [0, 0.1) is 0 Å². The molecule has 2 heterocycles. The number of methoxy groups -OCH3 is 3. The molecule has 0 amide bonds. The number of aromatic nitrogens is 2. The highest BCUT2D eigenvalue weighted by Gasteiger charge is 2.31. The number of hydrogen-bond donors (Lipinski definition) is 0. The van der Waals surface area contributed by atoms with Gasteiger partial charge >= 0.3 is 11.9 Å². The predicted molar refractivity (Wildman–Crippen MR) is 129 cm³/mol. The number of hydrogen-bond acceptors (Lipinski definition) is 9. The molecule has 1 aliphatic heterocycles. The summed E-state index contributed by atoms with van der Waals surface area (Å²) in [4.78, 5) is 25.7. The highest BCUT2D eigenvalue weighted by Crippen LogP contribution is 2.35. The fourth-order valence-corrected chi connectivity index (χ4v) is 3.86. The maximum Gasteiger partial charge on any atom is 0.357 e. The molecule has 0 saturated carbocycles. The molecule has 10 nitrogen and oxygen atoms in total. The molecule has 1 aromatic heterocycles. The molecular weight excluding hydrogens is 468 g/mol. The minimum absolute atomic E-state index is 0.0201. The van der Waals surface area contributed by atoms with Gasteiger partial charge in [-0.3, -0.25) is 0 Å². The summed E-state index contributed by atoms with van der Waals surface area (Å²) >= 11 is 0. The van der Waals surface area contributed by atoms with Gasteiger partial charge in [0.05, 0.1) is 46.8 Å². The van der Waals surface area contributed by atoms with Gasteiger partial charge < -0.3 is 28.4 Å². The Morgan fingerprint density at radius 3 is 2.36 bits per heavy atom. The topological polar surface area (TPSA) is 107 Å². The van der Waals surface area contributed by atoms with Gasteiger partial charge in [0.1, 0.15) is 11.3 Å². The van der Waals surface area contributed by atoms with Gasteiger partial charge in [-0.15, -0.1) is 0 Å². The molecule has 0 bridgehead atoms. The first kappa shape index (κ1) is 25.2. The summed E-state index contributed by atoms with van der Waals surface area (Å²) in [5, 5.41) is 4.62. The number of rotatable bonds is 9. The summed E-state index contributed by atoms with van der Waals surface area (Å²) in [5.41, 5.74) is 1.27. The van der Waals surface area contributed by atoms with Crippen molar-refractivity contribution in [1.29, 1.82) is 0 Å². The molecule has 3 aromatic rings. The third kappa shape index (κ3) is 5.34. The molecule has 1 fully saturated rings. The number of ether oxygens (including phenoxy) is 6. The quantitative estimate of drug-likeness (QED) is 0.410. The van der Waals surface area contributed by atoms with Crippen molar-refractivity contribution in [3.63, 3.8) is 0 Å². The van der Waals surface area contributed by atoms with Crippen molar-refractivity contribution in [2.24, 2.45) is 0 Å². The largest absolute Gasteiger partial charge is 0.493 e. The third-order valence-corrected chi connectivity index (χ3v) is 5.60. The zero-order chi connectivity index (χ0) is 25.5. The van der Waals surface area contributed by atoms with Crippen LogP contribution in [0.5, 0.6) is 11.5 Å². The van der Waals surface area contributed by atoms with Gasteiger partial charge in [-0.2, -0.15) is 5.10 Å². The van der Waals surface area contributed by atoms with Crippen molar-refractivity contribution in [3.05, 3.63) is 59.8 Å². The highest BCUT2D eigenvalue weighted by molar-refractivity contribution is 6.06. The van der Waals surface area contributed by atoms with E-state index in [0.717, 1.165) is 6.42 Å². The lowest BCUT2D eigenvalue weighted by Gasteiger charge is -2.23. The Bertz CT molecular complexity index is 1200. The minimum atomic E-state index is -0.726. The van der Waals surface area contributed by atoms with Crippen molar-refractivity contribution in [2.75, 3.05) is 41.2 Å². The van der Waals surface area contributed by atoms with E-state index in [0.29, 0.717) is 49.0 Å². The van der Waals surface area contributed by atoms with E-state index < -0.39 is 11.9 Å². The molecule has 4 rings (SSSR count). The molecule has 190 valence electrons. The van der Waals surface area contributed by atoms with Gasteiger partial charge in [0, 0.05) is 12.0 Å². The molecule has 0 atom stereocenters. The first-order chi connectivity index (χ1) is 17.6. The summed E-state index contributed by atoms with van der Waals surface area (Å²) in [6, 6.07) is 14.1. The highest BCUT2D eigenvalue weighted by atomic mass is 16.7. The summed E-state index contributed by atoms with van der Waals surface area (Å²) in [5.74, 6) is -0.511. The zero-order valence-corrected chi connectivity index (χ0v) is 20.4. The van der Waals surface area contributed by atoms with E-state index in [9.17, 15) is 9.59 Å². The lowest BCUT2D eigenvalue weighted by molar-refractivity contribution is -0.183. The van der Waals surface area contributed by atoms with Gasteiger partial charge in [-0.05, 0) is 36.8 Å². The first-order valence-electron chi connectivity index (χ1n) is 11.5. The Balaban J connectivity index is 1.75. The Morgan fingerprint density at radius 1 is 0.972 bits per heavy atom. The predicted octanol–water partition coefficient (Wildman–Crippen LogP) is 3.65. The second kappa shape index (κ2) is 11.7. The Kier molecular flexibility index (Phi) is 8.19. The number of benzene rings is 2. The number of para-hydroxylation sites is 1. The van der Waals surface area contributed by atoms with Crippen LogP contribution in [-0.4, -0.2) is 69.2 Å². The van der Waals surface area contributed by atoms with Crippen LogP contribution in [0.3, 0.4) is 0 Å². The Morgan fingerprint density at radius 2 is 1.69 bits per heavy atom. The number of nitrogens with zero attached hydrogens (tertiary/aromatic N) is 2. The van der Waals surface area contributed by atoms with Crippen LogP contribution in [0.15, 0.2) is 48.5 Å². The fourth-order valence-electron chi connectivity index (χ4n) is 3.86. The lowest BCUT2D eigenvalue weighted by Crippen LogP contribution is -2.26. The third-order valence-electron chi connectivity index (χ3n) is 5.60. The molecule has 0 unspecified atom stereocenters. The molecule has 1 saturated heterocycles. The normalized spacial score (nSPS) is 13.8. The van der Waals surface area contributed by atoms with Crippen LogP contribution in [-0.2, 0) is 18.9 Å². The Labute approximate surface area is 208 Å². The number of carbonyl (C=O) groups excluding carboxylic acids is 2. The van der Waals surface area contributed by atoms with E-state index in [4.69, 9.17) is 28.4 Å². The molecule has 0 spiro atoms. The van der Waals surface area contributed by atoms with Gasteiger partial charge in [0.15, 0.2) is 23.5 Å². The standard InChI is InChI=1S/C26H28N2O8/c1-31-19-11-10-17(16-20(19)34-15-12-21-35-13-7-14-36-21)23-22(25(29)32-2)24(26(30)33-3)28(27-23)18-8-5-4-6-9-18/h4-6,8-11,16,21H,7,12-15H2,1-3H3. The molecule has 0 aliphatic carbocycles. The molecular formula is C26H28N2O8. The van der Waals surface area contributed by atoms with Gasteiger partial charge in [0.2, 0.25) is 0 Å². The van der Waals surface area contributed by atoms with E-state index >= 15 is 0 Å². The minimum Gasteiger partial charge on any atom is -0.493 e. The lowest BCUT2D eigenvalue weighted by atomic mass is 10.0. The second-order valence-electron chi connectivity index (χ2n) is 7.83. The van der Waals surface area contributed by atoms with Gasteiger partial charge in [0.25, 0.3) is 0 Å². The van der Waals surface area contributed by atoms with E-state index in [1.54, 1.807) is 42.5 Å². The SMILES string of the molecule is COC(=O)c1c(-c2ccc(OC)c(OCCC3OCCCO3)c2)nn(-c2ccccc2)c1C(=O)OC. The van der Waals surface area contributed by atoms with Gasteiger partial charge in [-0.1, -0.05) is 18.2 Å². The maximum atomic E-state index is 12.9. The van der Waals surface area contributed by atoms with Crippen LogP contribution in [0.4, 0.5) is 0 Å². The Hall–Kier alpha value is -3.89. The molecule has 2 aromatic carbocycles. The van der Waals surface area contributed by atoms with Gasteiger partial charge in [-0.25, -0.2) is 14.3 Å². The average molecular weight is 497 g/mol. The summed E-state index contributed by atoms with van der Waals surface area (Å²) in [6.07, 6.45) is 1.09. The maximum absolute atomic E-state index is 12.9. The van der Waals surface area contributed by atoms with Crippen LogP contribution < -0.4 is 9.47 Å². The summed E-state index contributed by atoms with van der Waals surface area (Å²) in [6.45, 7) is 1.64. The fraction of sp³-hybridized carbons (Fsp3) is 0.346. The van der Waals surface area contributed by atoms with Crippen LogP contribution in [0.1, 0.15) is 33.7 Å². The van der Waals surface area contributed by atoms with E-state index in [2.05, 4.69) is 5.10 Å². The second-order valence-corrected chi connectivity index (χ2v) is 7.83. The average Bonchev–Trinajstić information content (AvgIpc) is 3.34. The van der Waals surface area contributed by atoms with Crippen LogP contribution in [0.2, 0.25) is 0 Å². The zero-order valence-electron chi connectivity index (χ0n) is 20.4. The molecule has 10 heteroatoms. The van der Waals surface area contributed by atoms with E-state index in [1.165, 1.54) is 26.0 Å². The first-order valence-corrected chi connectivity index (χ1v) is 11.5. The van der Waals surface area contributed by atoms with Crippen molar-refractivity contribution in [1.82, 2.24) is 9.78 Å². The van der Waals surface area contributed by atoms with Crippen molar-refractivity contribution in [3.8, 4) is 28.4 Å². The summed E-state index contributed by atoms with van der Waals surface area (Å²) < 4.78 is 33.9. The van der Waals surface area contributed by atoms with Crippen molar-refractivity contribution >= 4 is 11.9 Å². The monoisotopic (exact) mass is 496 g/mol. The van der Waals surface area contributed by atoms with Crippen LogP contribution >= 0.6 is 0 Å². The number of esters is 2. The molecule has 0 N–H and O–H groups in total. The van der Waals surface area contributed by atoms with Crippen molar-refractivity contribution < 1.29 is 38.0 Å². The van der Waals surface area contributed by atoms with E-state index in [1.807, 2.05) is 6.07 Å². The van der Waals surface area contributed by atoms with Crippen LogP contribution in [0.25, 0.3) is 16.9 Å². The molecule has 1 aliphatic rings. The summed E-state index contributed by atoms with van der Waals surface area (Å²) in [7, 11) is 4.02. The van der Waals surface area contributed by atoms with Crippen molar-refractivity contribution in [2.45, 2.75) is 19.1 Å².